The van der Waals surface area contributed by atoms with Crippen LogP contribution < -0.4 is 19.7 Å². The third-order valence-electron chi connectivity index (χ3n) is 6.29. The van der Waals surface area contributed by atoms with Gasteiger partial charge in [-0.25, -0.2) is 0 Å². The van der Waals surface area contributed by atoms with Gasteiger partial charge in [0.05, 0.1) is 24.5 Å². The summed E-state index contributed by atoms with van der Waals surface area (Å²) in [5, 5.41) is 2.96. The Labute approximate surface area is 172 Å². The SMILES string of the molecule is O=C(NCc1ccncc1)C1C2C=CC3(CN(c4ccc5c(c4)OCO5)C(=O)C13)O2. The van der Waals surface area contributed by atoms with Crippen LogP contribution in [0, 0.1) is 11.8 Å². The van der Waals surface area contributed by atoms with Crippen molar-refractivity contribution in [2.75, 3.05) is 18.2 Å². The fourth-order valence-corrected chi connectivity index (χ4v) is 4.88. The molecule has 5 heterocycles. The maximum Gasteiger partial charge on any atom is 0.234 e. The number of benzene rings is 1. The van der Waals surface area contributed by atoms with Crippen molar-refractivity contribution in [1.82, 2.24) is 10.3 Å². The predicted molar refractivity (Wildman–Crippen MR) is 105 cm³/mol. The van der Waals surface area contributed by atoms with E-state index in [2.05, 4.69) is 10.3 Å². The standard InChI is InChI=1S/C22H19N3O5/c26-20(24-10-13-4-7-23-8-5-13)18-16-3-6-22(30-16)11-25(21(27)19(18)22)14-1-2-15-17(9-14)29-12-28-15/h1-9,16,18-19H,10-12H2,(H,24,26). The molecule has 1 spiro atoms. The van der Waals surface area contributed by atoms with Crippen molar-refractivity contribution in [3.8, 4) is 11.5 Å². The van der Waals surface area contributed by atoms with Gasteiger partial charge >= 0.3 is 0 Å². The number of ether oxygens (including phenoxy) is 3. The number of pyridine rings is 1. The Hall–Kier alpha value is -3.39. The minimum Gasteiger partial charge on any atom is -0.454 e. The minimum absolute atomic E-state index is 0.107. The molecule has 6 rings (SSSR count). The molecule has 2 amide bonds. The van der Waals surface area contributed by atoms with E-state index in [1.807, 2.05) is 30.4 Å². The molecular weight excluding hydrogens is 386 g/mol. The highest BCUT2D eigenvalue weighted by Gasteiger charge is 2.67. The van der Waals surface area contributed by atoms with Crippen LogP contribution in [-0.4, -0.2) is 41.8 Å². The van der Waals surface area contributed by atoms with E-state index in [9.17, 15) is 9.59 Å². The highest BCUT2D eigenvalue weighted by atomic mass is 16.7. The number of amides is 2. The van der Waals surface area contributed by atoms with Crippen LogP contribution in [0.25, 0.3) is 0 Å². The lowest BCUT2D eigenvalue weighted by molar-refractivity contribution is -0.132. The van der Waals surface area contributed by atoms with E-state index in [0.29, 0.717) is 30.3 Å². The van der Waals surface area contributed by atoms with Crippen molar-refractivity contribution in [2.24, 2.45) is 11.8 Å². The van der Waals surface area contributed by atoms with Crippen molar-refractivity contribution in [2.45, 2.75) is 18.2 Å². The Morgan fingerprint density at radius 1 is 1.20 bits per heavy atom. The molecule has 2 bridgehead atoms. The first-order valence-corrected chi connectivity index (χ1v) is 9.89. The largest absolute Gasteiger partial charge is 0.454 e. The lowest BCUT2D eigenvalue weighted by Gasteiger charge is -2.23. The zero-order valence-corrected chi connectivity index (χ0v) is 16.0. The molecule has 4 aliphatic heterocycles. The first kappa shape index (κ1) is 17.5. The van der Waals surface area contributed by atoms with Gasteiger partial charge in [-0.2, -0.15) is 0 Å². The first-order chi connectivity index (χ1) is 14.6. The van der Waals surface area contributed by atoms with Crippen LogP contribution >= 0.6 is 0 Å². The fourth-order valence-electron chi connectivity index (χ4n) is 4.88. The number of nitrogens with zero attached hydrogens (tertiary/aromatic N) is 2. The van der Waals surface area contributed by atoms with Crippen molar-refractivity contribution in [3.05, 3.63) is 60.4 Å². The molecule has 2 fully saturated rings. The molecule has 4 aliphatic rings. The van der Waals surface area contributed by atoms with Crippen LogP contribution in [-0.2, 0) is 20.9 Å². The van der Waals surface area contributed by atoms with Crippen LogP contribution in [0.3, 0.4) is 0 Å². The summed E-state index contributed by atoms with van der Waals surface area (Å²) in [4.78, 5) is 32.1. The van der Waals surface area contributed by atoms with Crippen molar-refractivity contribution < 1.29 is 23.8 Å². The van der Waals surface area contributed by atoms with E-state index in [-0.39, 0.29) is 24.7 Å². The van der Waals surface area contributed by atoms with Gasteiger partial charge in [0.2, 0.25) is 18.6 Å². The van der Waals surface area contributed by atoms with Crippen LogP contribution in [0.2, 0.25) is 0 Å². The molecule has 0 aliphatic carbocycles. The molecule has 1 aromatic carbocycles. The summed E-state index contributed by atoms with van der Waals surface area (Å²) in [5.41, 5.74) is 0.897. The average Bonchev–Trinajstić information content (AvgIpc) is 3.53. The third kappa shape index (κ3) is 2.46. The maximum atomic E-state index is 13.4. The van der Waals surface area contributed by atoms with Crippen LogP contribution in [0.15, 0.2) is 54.9 Å². The smallest absolute Gasteiger partial charge is 0.234 e. The highest BCUT2D eigenvalue weighted by molar-refractivity contribution is 6.03. The van der Waals surface area contributed by atoms with Gasteiger partial charge < -0.3 is 24.4 Å². The minimum atomic E-state index is -0.767. The van der Waals surface area contributed by atoms with Crippen molar-refractivity contribution >= 4 is 17.5 Å². The number of anilines is 1. The van der Waals surface area contributed by atoms with Crippen molar-refractivity contribution in [3.63, 3.8) is 0 Å². The summed E-state index contributed by atoms with van der Waals surface area (Å²) >= 11 is 0. The fraction of sp³-hybridized carbons (Fsp3) is 0.318. The molecule has 0 saturated carbocycles. The Bertz CT molecular complexity index is 1070. The van der Waals surface area contributed by atoms with Gasteiger partial charge in [-0.1, -0.05) is 12.2 Å². The van der Waals surface area contributed by atoms with E-state index in [0.717, 1.165) is 5.56 Å². The number of nitrogens with one attached hydrogen (secondary N) is 1. The molecule has 4 atom stereocenters. The van der Waals surface area contributed by atoms with E-state index >= 15 is 0 Å². The molecule has 8 nitrogen and oxygen atoms in total. The Morgan fingerprint density at radius 2 is 2.03 bits per heavy atom. The second-order valence-electron chi connectivity index (χ2n) is 7.94. The maximum absolute atomic E-state index is 13.4. The summed E-state index contributed by atoms with van der Waals surface area (Å²) in [6.45, 7) is 0.928. The molecule has 2 saturated heterocycles. The molecular formula is C22H19N3O5. The normalized spacial score (nSPS) is 30.1. The summed E-state index contributed by atoms with van der Waals surface area (Å²) in [6.07, 6.45) is 6.84. The topological polar surface area (TPSA) is 90.0 Å². The molecule has 0 radical (unpaired) electrons. The monoisotopic (exact) mass is 405 g/mol. The van der Waals surface area contributed by atoms with Gasteiger partial charge in [0.15, 0.2) is 11.5 Å². The van der Waals surface area contributed by atoms with E-state index in [1.165, 1.54) is 0 Å². The lowest BCUT2D eigenvalue weighted by atomic mass is 9.77. The number of carbonyl (C=O) groups is 2. The molecule has 1 N–H and O–H groups in total. The average molecular weight is 405 g/mol. The second-order valence-corrected chi connectivity index (χ2v) is 7.94. The summed E-state index contributed by atoms with van der Waals surface area (Å²) < 4.78 is 17.0. The Balaban J connectivity index is 1.25. The number of rotatable bonds is 4. The van der Waals surface area contributed by atoms with Gasteiger partial charge in [-0.15, -0.1) is 0 Å². The molecule has 8 heteroatoms. The molecule has 152 valence electrons. The molecule has 4 unspecified atom stereocenters. The van der Waals surface area contributed by atoms with E-state index < -0.39 is 17.4 Å². The van der Waals surface area contributed by atoms with Crippen molar-refractivity contribution in [1.29, 1.82) is 0 Å². The molecule has 1 aromatic heterocycles. The van der Waals surface area contributed by atoms with Gasteiger partial charge in [-0.05, 0) is 29.8 Å². The Kier molecular flexibility index (Phi) is 3.67. The summed E-state index contributed by atoms with van der Waals surface area (Å²) in [7, 11) is 0. The zero-order chi connectivity index (χ0) is 20.3. The van der Waals surface area contributed by atoms with Crippen LogP contribution in [0.5, 0.6) is 11.5 Å². The highest BCUT2D eigenvalue weighted by Crippen LogP contribution is 2.53. The van der Waals surface area contributed by atoms with Crippen LogP contribution in [0.1, 0.15) is 5.56 Å². The number of hydrogen-bond donors (Lipinski definition) is 1. The first-order valence-electron chi connectivity index (χ1n) is 9.89. The predicted octanol–water partition coefficient (Wildman–Crippen LogP) is 1.41. The number of aromatic nitrogens is 1. The summed E-state index contributed by atoms with van der Waals surface area (Å²) in [5.74, 6) is -0.103. The van der Waals surface area contributed by atoms with Gasteiger partial charge in [0.1, 0.15) is 5.60 Å². The quantitative estimate of drug-likeness (QED) is 0.774. The lowest BCUT2D eigenvalue weighted by Crippen LogP contribution is -2.43. The molecule has 2 aromatic rings. The Morgan fingerprint density at radius 3 is 2.90 bits per heavy atom. The summed E-state index contributed by atoms with van der Waals surface area (Å²) in [6, 6.07) is 9.12. The number of carbonyl (C=O) groups excluding carboxylic acids is 2. The molecule has 30 heavy (non-hydrogen) atoms. The number of hydrogen-bond acceptors (Lipinski definition) is 6. The van der Waals surface area contributed by atoms with Gasteiger partial charge in [-0.3, -0.25) is 14.6 Å². The van der Waals surface area contributed by atoms with E-state index in [4.69, 9.17) is 14.2 Å². The third-order valence-corrected chi connectivity index (χ3v) is 6.29. The zero-order valence-electron chi connectivity index (χ0n) is 16.0. The second kappa shape index (κ2) is 6.30. The van der Waals surface area contributed by atoms with Crippen LogP contribution in [0.4, 0.5) is 5.69 Å². The van der Waals surface area contributed by atoms with Gasteiger partial charge in [0, 0.05) is 30.7 Å². The number of fused-ring (bicyclic) bond motifs is 2. The van der Waals surface area contributed by atoms with Gasteiger partial charge in [0.25, 0.3) is 0 Å². The van der Waals surface area contributed by atoms with E-state index in [1.54, 1.807) is 29.4 Å².